The second-order valence-electron chi connectivity index (χ2n) is 7.77. The van der Waals surface area contributed by atoms with Crippen LogP contribution in [0.2, 0.25) is 5.02 Å². The number of hydrogen-bond donors (Lipinski definition) is 0. The summed E-state index contributed by atoms with van der Waals surface area (Å²) in [5, 5.41) is 1.41. The first-order valence-electron chi connectivity index (χ1n) is 10.5. The van der Waals surface area contributed by atoms with Gasteiger partial charge in [0, 0.05) is 49.2 Å². The molecule has 0 bridgehead atoms. The zero-order valence-electron chi connectivity index (χ0n) is 18.0. The molecular weight excluding hydrogens is 452 g/mol. The molecule has 170 valence electrons. The van der Waals surface area contributed by atoms with Gasteiger partial charge < -0.3 is 9.15 Å². The second-order valence-corrected chi connectivity index (χ2v) is 10.1. The summed E-state index contributed by atoms with van der Waals surface area (Å²) in [7, 11) is -3.57. The molecule has 0 N–H and O–H groups in total. The SMILES string of the molecule is CCOc1ccc(S(=O)(=O)N2CCN(Cc3cc(=O)oc4cc(C)c(Cl)cc34)CC2)cc1. The van der Waals surface area contributed by atoms with E-state index < -0.39 is 15.6 Å². The molecule has 4 rings (SSSR count). The van der Waals surface area contributed by atoms with Crippen molar-refractivity contribution in [2.24, 2.45) is 0 Å². The molecule has 1 aliphatic rings. The van der Waals surface area contributed by atoms with Gasteiger partial charge in [0.1, 0.15) is 11.3 Å². The summed E-state index contributed by atoms with van der Waals surface area (Å²) in [5.74, 6) is 0.645. The number of piperazine rings is 1. The lowest BCUT2D eigenvalue weighted by molar-refractivity contribution is 0.182. The zero-order valence-corrected chi connectivity index (χ0v) is 19.6. The number of hydrogen-bond acceptors (Lipinski definition) is 6. The van der Waals surface area contributed by atoms with Gasteiger partial charge in [-0.25, -0.2) is 13.2 Å². The Hall–Kier alpha value is -2.39. The molecule has 0 atom stereocenters. The van der Waals surface area contributed by atoms with Crippen LogP contribution in [0.15, 0.2) is 56.6 Å². The molecule has 1 fully saturated rings. The van der Waals surface area contributed by atoms with Crippen molar-refractivity contribution in [1.82, 2.24) is 9.21 Å². The topological polar surface area (TPSA) is 80.1 Å². The maximum atomic E-state index is 13.0. The molecule has 0 unspecified atom stereocenters. The van der Waals surface area contributed by atoms with E-state index >= 15 is 0 Å². The number of halogens is 1. The van der Waals surface area contributed by atoms with E-state index in [9.17, 15) is 13.2 Å². The lowest BCUT2D eigenvalue weighted by Crippen LogP contribution is -2.48. The number of ether oxygens (including phenoxy) is 1. The van der Waals surface area contributed by atoms with Crippen molar-refractivity contribution < 1.29 is 17.6 Å². The maximum Gasteiger partial charge on any atom is 0.336 e. The number of nitrogens with zero attached hydrogens (tertiary/aromatic N) is 2. The van der Waals surface area contributed by atoms with Crippen LogP contribution >= 0.6 is 11.6 Å². The van der Waals surface area contributed by atoms with Gasteiger partial charge in [0.15, 0.2) is 0 Å². The summed E-state index contributed by atoms with van der Waals surface area (Å²) in [6, 6.07) is 11.6. The van der Waals surface area contributed by atoms with Crippen LogP contribution in [0.3, 0.4) is 0 Å². The highest BCUT2D eigenvalue weighted by molar-refractivity contribution is 7.89. The van der Waals surface area contributed by atoms with Gasteiger partial charge in [-0.3, -0.25) is 4.90 Å². The van der Waals surface area contributed by atoms with E-state index in [4.69, 9.17) is 20.8 Å². The minimum absolute atomic E-state index is 0.256. The van der Waals surface area contributed by atoms with Crippen LogP contribution in [-0.4, -0.2) is 50.4 Å². The highest BCUT2D eigenvalue weighted by atomic mass is 35.5. The molecule has 1 saturated heterocycles. The molecule has 32 heavy (non-hydrogen) atoms. The summed E-state index contributed by atoms with van der Waals surface area (Å²) in [4.78, 5) is 14.4. The summed E-state index contributed by atoms with van der Waals surface area (Å²) in [5.41, 5.74) is 1.76. The Labute approximate surface area is 192 Å². The first-order chi connectivity index (χ1) is 15.3. The number of fused-ring (bicyclic) bond motifs is 1. The first-order valence-corrected chi connectivity index (χ1v) is 12.3. The number of rotatable bonds is 6. The Morgan fingerprint density at radius 1 is 1.06 bits per heavy atom. The van der Waals surface area contributed by atoms with Crippen molar-refractivity contribution in [3.05, 3.63) is 69.0 Å². The fourth-order valence-corrected chi connectivity index (χ4v) is 5.46. The first kappa shape index (κ1) is 22.8. The molecule has 0 spiro atoms. The van der Waals surface area contributed by atoms with Crippen LogP contribution in [0.4, 0.5) is 0 Å². The van der Waals surface area contributed by atoms with Crippen molar-refractivity contribution in [3.63, 3.8) is 0 Å². The molecule has 1 aliphatic heterocycles. The Kier molecular flexibility index (Phi) is 6.57. The molecule has 1 aromatic heterocycles. The van der Waals surface area contributed by atoms with Crippen LogP contribution in [0.25, 0.3) is 11.0 Å². The van der Waals surface area contributed by atoms with Crippen LogP contribution in [0, 0.1) is 6.92 Å². The molecule has 0 aliphatic carbocycles. The minimum atomic E-state index is -3.57. The molecular formula is C23H25ClN2O5S. The van der Waals surface area contributed by atoms with E-state index in [1.807, 2.05) is 19.9 Å². The van der Waals surface area contributed by atoms with Crippen LogP contribution in [0.5, 0.6) is 5.75 Å². The predicted octanol–water partition coefficient (Wildman–Crippen LogP) is 3.66. The number of aryl methyl sites for hydroxylation is 1. The van der Waals surface area contributed by atoms with E-state index in [1.54, 1.807) is 30.3 Å². The molecule has 2 aromatic carbocycles. The van der Waals surface area contributed by atoms with E-state index in [1.165, 1.54) is 10.4 Å². The van der Waals surface area contributed by atoms with Gasteiger partial charge >= 0.3 is 5.63 Å². The predicted molar refractivity (Wildman–Crippen MR) is 124 cm³/mol. The second kappa shape index (κ2) is 9.23. The van der Waals surface area contributed by atoms with Crippen LogP contribution in [-0.2, 0) is 16.6 Å². The molecule has 0 radical (unpaired) electrons. The largest absolute Gasteiger partial charge is 0.494 e. The van der Waals surface area contributed by atoms with Crippen molar-refractivity contribution >= 4 is 32.6 Å². The quantitative estimate of drug-likeness (QED) is 0.505. The Morgan fingerprint density at radius 3 is 2.41 bits per heavy atom. The standard InChI is InChI=1S/C23H25ClN2O5S/c1-3-30-18-4-6-19(7-5-18)32(28,29)26-10-8-25(9-11-26)15-17-13-23(27)31-22-12-16(2)21(24)14-20(17)22/h4-7,12-14H,3,8-11,15H2,1-2H3. The van der Waals surface area contributed by atoms with Crippen LogP contribution in [0.1, 0.15) is 18.1 Å². The van der Waals surface area contributed by atoms with Crippen molar-refractivity contribution in [3.8, 4) is 5.75 Å². The monoisotopic (exact) mass is 476 g/mol. The average Bonchev–Trinajstić information content (AvgIpc) is 2.76. The molecule has 0 amide bonds. The van der Waals surface area contributed by atoms with Gasteiger partial charge in [-0.2, -0.15) is 4.31 Å². The molecule has 3 aromatic rings. The number of sulfonamides is 1. The summed E-state index contributed by atoms with van der Waals surface area (Å²) in [6.45, 7) is 6.62. The van der Waals surface area contributed by atoms with E-state index in [2.05, 4.69) is 4.90 Å². The fraction of sp³-hybridized carbons (Fsp3) is 0.348. The Morgan fingerprint density at radius 2 is 1.75 bits per heavy atom. The van der Waals surface area contributed by atoms with Gasteiger partial charge in [-0.1, -0.05) is 11.6 Å². The average molecular weight is 477 g/mol. The zero-order chi connectivity index (χ0) is 22.9. The molecule has 2 heterocycles. The lowest BCUT2D eigenvalue weighted by atomic mass is 10.1. The highest BCUT2D eigenvalue weighted by Crippen LogP contribution is 2.27. The maximum absolute atomic E-state index is 13.0. The smallest absolute Gasteiger partial charge is 0.336 e. The van der Waals surface area contributed by atoms with Crippen molar-refractivity contribution in [2.75, 3.05) is 32.8 Å². The van der Waals surface area contributed by atoms with Gasteiger partial charge in [0.2, 0.25) is 10.0 Å². The van der Waals surface area contributed by atoms with Gasteiger partial charge in [0.05, 0.1) is 11.5 Å². The summed E-state index contributed by atoms with van der Waals surface area (Å²) < 4.78 is 38.2. The van der Waals surface area contributed by atoms with E-state index in [-0.39, 0.29) is 4.90 Å². The summed E-state index contributed by atoms with van der Waals surface area (Å²) >= 11 is 6.28. The summed E-state index contributed by atoms with van der Waals surface area (Å²) in [6.07, 6.45) is 0. The van der Waals surface area contributed by atoms with Crippen molar-refractivity contribution in [2.45, 2.75) is 25.3 Å². The third-order valence-electron chi connectivity index (χ3n) is 5.61. The van der Waals surface area contributed by atoms with E-state index in [0.29, 0.717) is 55.7 Å². The fourth-order valence-electron chi connectivity index (χ4n) is 3.87. The minimum Gasteiger partial charge on any atom is -0.494 e. The third kappa shape index (κ3) is 4.68. The lowest BCUT2D eigenvalue weighted by Gasteiger charge is -2.34. The van der Waals surface area contributed by atoms with Gasteiger partial charge in [-0.05, 0) is 61.4 Å². The highest BCUT2D eigenvalue weighted by Gasteiger charge is 2.28. The van der Waals surface area contributed by atoms with Crippen molar-refractivity contribution in [1.29, 1.82) is 0 Å². The molecule has 0 saturated carbocycles. The molecule has 9 heteroatoms. The molecule has 7 nitrogen and oxygen atoms in total. The van der Waals surface area contributed by atoms with Gasteiger partial charge in [-0.15, -0.1) is 0 Å². The third-order valence-corrected chi connectivity index (χ3v) is 7.93. The Bertz CT molecular complexity index is 1280. The van der Waals surface area contributed by atoms with Gasteiger partial charge in [0.25, 0.3) is 0 Å². The van der Waals surface area contributed by atoms with E-state index in [0.717, 1.165) is 16.5 Å². The Balaban J connectivity index is 1.47. The normalized spacial score (nSPS) is 15.8. The number of benzene rings is 2. The van der Waals surface area contributed by atoms with Crippen LogP contribution < -0.4 is 10.4 Å².